The van der Waals surface area contributed by atoms with Gasteiger partial charge in [-0.2, -0.15) is 5.10 Å². The maximum Gasteiger partial charge on any atom is 0.235 e. The molecule has 1 N–H and O–H groups in total. The number of halogens is 1. The summed E-state index contributed by atoms with van der Waals surface area (Å²) in [5.41, 5.74) is 5.74. The van der Waals surface area contributed by atoms with Crippen molar-refractivity contribution in [1.82, 2.24) is 15.1 Å². The van der Waals surface area contributed by atoms with Crippen LogP contribution in [0.4, 0.5) is 5.69 Å². The Morgan fingerprint density at radius 1 is 0.977 bits per heavy atom. The molecule has 3 aliphatic carbocycles. The molecule has 6 rings (SSSR count). The van der Waals surface area contributed by atoms with Gasteiger partial charge in [0.25, 0.3) is 0 Å². The summed E-state index contributed by atoms with van der Waals surface area (Å²) in [5, 5.41) is 7.61. The smallest absolute Gasteiger partial charge is 0.235 e. The van der Waals surface area contributed by atoms with E-state index in [1.165, 1.54) is 24.0 Å². The summed E-state index contributed by atoms with van der Waals surface area (Å²) in [4.78, 5) is 28.2. The standard InChI is InChI=1S/C36H45ClN4O3/c1-24-18-29(12-17-34(24)44-2)26-8-6-25(7-9-26)22-40(36(43)27-10-13-31(14-11-27)39-35(42)20-37)33-5-3-4-28(19-33)30-21-38-41(23-30)32-15-16-32/h3-5,12,17-19,21,23,25-27,31-32H,6-11,13-16,20,22H2,1-2H3,(H,39,42)/t25-,26-,27-,31-. The van der Waals surface area contributed by atoms with Crippen molar-refractivity contribution in [2.24, 2.45) is 11.8 Å². The van der Waals surface area contributed by atoms with E-state index in [1.807, 2.05) is 6.20 Å². The van der Waals surface area contributed by atoms with E-state index in [-0.39, 0.29) is 29.7 Å². The molecule has 2 aromatic carbocycles. The Morgan fingerprint density at radius 2 is 1.75 bits per heavy atom. The third kappa shape index (κ3) is 7.14. The lowest BCUT2D eigenvalue weighted by molar-refractivity contribution is -0.123. The van der Waals surface area contributed by atoms with Crippen LogP contribution in [0.1, 0.15) is 87.3 Å². The fourth-order valence-corrected chi connectivity index (χ4v) is 7.34. The minimum atomic E-state index is -0.134. The first-order valence-corrected chi connectivity index (χ1v) is 16.9. The second-order valence-electron chi connectivity index (χ2n) is 13.1. The molecule has 1 aromatic heterocycles. The second kappa shape index (κ2) is 13.8. The molecule has 0 bridgehead atoms. The Bertz CT molecular complexity index is 1450. The topological polar surface area (TPSA) is 76.5 Å². The van der Waals surface area contributed by atoms with Crippen LogP contribution in [0.2, 0.25) is 0 Å². The number of ether oxygens (including phenoxy) is 1. The Labute approximate surface area is 266 Å². The van der Waals surface area contributed by atoms with Gasteiger partial charge < -0.3 is 15.0 Å². The van der Waals surface area contributed by atoms with Gasteiger partial charge in [0.2, 0.25) is 11.8 Å². The Balaban J connectivity index is 1.17. The Kier molecular flexibility index (Phi) is 9.60. The number of aryl methyl sites for hydroxylation is 1. The number of amides is 2. The molecule has 1 heterocycles. The number of benzene rings is 2. The maximum absolute atomic E-state index is 14.3. The zero-order valence-corrected chi connectivity index (χ0v) is 26.8. The highest BCUT2D eigenvalue weighted by Crippen LogP contribution is 2.39. The van der Waals surface area contributed by atoms with Gasteiger partial charge in [-0.25, -0.2) is 0 Å². The first kappa shape index (κ1) is 30.7. The number of rotatable bonds is 10. The molecule has 3 fully saturated rings. The molecule has 0 aliphatic heterocycles. The van der Waals surface area contributed by atoms with E-state index < -0.39 is 0 Å². The van der Waals surface area contributed by atoms with Crippen LogP contribution in [0.5, 0.6) is 5.75 Å². The number of nitrogens with one attached hydrogen (secondary N) is 1. The van der Waals surface area contributed by atoms with Crippen molar-refractivity contribution in [1.29, 1.82) is 0 Å². The van der Waals surface area contributed by atoms with Crippen molar-refractivity contribution in [2.45, 2.75) is 89.1 Å². The number of hydrogen-bond donors (Lipinski definition) is 1. The van der Waals surface area contributed by atoms with Crippen LogP contribution in [0.15, 0.2) is 54.9 Å². The predicted molar refractivity (Wildman–Crippen MR) is 175 cm³/mol. The zero-order valence-electron chi connectivity index (χ0n) is 26.0. The molecule has 3 aromatic rings. The van der Waals surface area contributed by atoms with Crippen LogP contribution in [0.3, 0.4) is 0 Å². The van der Waals surface area contributed by atoms with E-state index in [0.717, 1.165) is 80.5 Å². The summed E-state index contributed by atoms with van der Waals surface area (Å²) < 4.78 is 7.55. The minimum absolute atomic E-state index is 0.0249. The van der Waals surface area contributed by atoms with Gasteiger partial charge in [-0.3, -0.25) is 14.3 Å². The summed E-state index contributed by atoms with van der Waals surface area (Å²) in [6, 6.07) is 15.7. The Hall–Kier alpha value is -3.32. The van der Waals surface area contributed by atoms with Crippen LogP contribution < -0.4 is 15.0 Å². The van der Waals surface area contributed by atoms with E-state index in [9.17, 15) is 9.59 Å². The molecule has 2 amide bonds. The average molecular weight is 617 g/mol. The van der Waals surface area contributed by atoms with Crippen molar-refractivity contribution in [3.05, 3.63) is 66.0 Å². The lowest BCUT2D eigenvalue weighted by atomic mass is 9.78. The van der Waals surface area contributed by atoms with E-state index in [0.29, 0.717) is 17.9 Å². The molecule has 0 spiro atoms. The fraction of sp³-hybridized carbons (Fsp3) is 0.528. The average Bonchev–Trinajstić information content (AvgIpc) is 3.79. The van der Waals surface area contributed by atoms with Crippen LogP contribution in [0.25, 0.3) is 11.1 Å². The number of carbonyl (C=O) groups excluding carboxylic acids is 2. The number of methoxy groups -OCH3 is 1. The van der Waals surface area contributed by atoms with E-state index in [1.54, 1.807) is 7.11 Å². The Morgan fingerprint density at radius 3 is 2.43 bits per heavy atom. The third-order valence-corrected chi connectivity index (χ3v) is 10.3. The van der Waals surface area contributed by atoms with Crippen molar-refractivity contribution in [3.63, 3.8) is 0 Å². The largest absolute Gasteiger partial charge is 0.496 e. The zero-order chi connectivity index (χ0) is 30.6. The molecule has 44 heavy (non-hydrogen) atoms. The lowest BCUT2D eigenvalue weighted by Gasteiger charge is -2.36. The van der Waals surface area contributed by atoms with Crippen LogP contribution in [-0.4, -0.2) is 47.2 Å². The second-order valence-corrected chi connectivity index (χ2v) is 13.4. The van der Waals surface area contributed by atoms with Crippen LogP contribution in [0, 0.1) is 18.8 Å². The number of alkyl halides is 1. The highest BCUT2D eigenvalue weighted by Gasteiger charge is 2.33. The quantitative estimate of drug-likeness (QED) is 0.240. The number of carbonyl (C=O) groups is 2. The summed E-state index contributed by atoms with van der Waals surface area (Å²) in [6.07, 6.45) is 14.1. The van der Waals surface area contributed by atoms with Crippen LogP contribution >= 0.6 is 11.6 Å². The van der Waals surface area contributed by atoms with Gasteiger partial charge in [-0.15, -0.1) is 11.6 Å². The normalized spacial score (nSPS) is 23.6. The van der Waals surface area contributed by atoms with E-state index >= 15 is 0 Å². The van der Waals surface area contributed by atoms with Gasteiger partial charge in [-0.05, 0) is 118 Å². The van der Waals surface area contributed by atoms with Gasteiger partial charge in [0.1, 0.15) is 11.6 Å². The number of hydrogen-bond acceptors (Lipinski definition) is 4. The van der Waals surface area contributed by atoms with Crippen molar-refractivity contribution >= 4 is 29.1 Å². The molecule has 3 saturated carbocycles. The summed E-state index contributed by atoms with van der Waals surface area (Å²) in [6.45, 7) is 2.85. The van der Waals surface area contributed by atoms with Crippen molar-refractivity contribution < 1.29 is 14.3 Å². The highest BCUT2D eigenvalue weighted by atomic mass is 35.5. The van der Waals surface area contributed by atoms with E-state index in [2.05, 4.69) is 75.6 Å². The number of nitrogens with zero attached hydrogens (tertiary/aromatic N) is 3. The molecule has 0 radical (unpaired) electrons. The molecular weight excluding hydrogens is 572 g/mol. The first-order chi connectivity index (χ1) is 21.4. The summed E-state index contributed by atoms with van der Waals surface area (Å²) in [5.74, 6) is 1.95. The monoisotopic (exact) mass is 616 g/mol. The van der Waals surface area contributed by atoms with Gasteiger partial charge in [0.05, 0.1) is 19.3 Å². The van der Waals surface area contributed by atoms with Crippen molar-refractivity contribution in [2.75, 3.05) is 24.4 Å². The molecule has 8 heteroatoms. The number of anilines is 1. The van der Waals surface area contributed by atoms with Gasteiger partial charge >= 0.3 is 0 Å². The molecule has 0 saturated heterocycles. The first-order valence-electron chi connectivity index (χ1n) is 16.4. The van der Waals surface area contributed by atoms with Gasteiger partial charge in [0, 0.05) is 36.0 Å². The van der Waals surface area contributed by atoms with Crippen LogP contribution in [-0.2, 0) is 9.59 Å². The lowest BCUT2D eigenvalue weighted by Crippen LogP contribution is -2.44. The maximum atomic E-state index is 14.3. The fourth-order valence-electron chi connectivity index (χ4n) is 7.27. The van der Waals surface area contributed by atoms with Gasteiger partial charge in [-0.1, -0.05) is 24.3 Å². The molecule has 0 unspecified atom stereocenters. The number of aromatic nitrogens is 2. The molecule has 234 valence electrons. The summed E-state index contributed by atoms with van der Waals surface area (Å²) >= 11 is 5.71. The molecule has 7 nitrogen and oxygen atoms in total. The predicted octanol–water partition coefficient (Wildman–Crippen LogP) is 7.42. The van der Waals surface area contributed by atoms with Crippen molar-refractivity contribution in [3.8, 4) is 16.9 Å². The van der Waals surface area contributed by atoms with E-state index in [4.69, 9.17) is 16.3 Å². The SMILES string of the molecule is COc1ccc([C@H]2CC[C@H](CN(c3cccc(-c4cnn(C5CC5)c4)c3)C(=O)[C@H]3CC[C@H](NC(=O)CCl)CC3)CC2)cc1C. The molecule has 3 aliphatic rings. The minimum Gasteiger partial charge on any atom is -0.496 e. The molecular formula is C36H45ClN4O3. The molecule has 0 atom stereocenters. The summed E-state index contributed by atoms with van der Waals surface area (Å²) in [7, 11) is 1.72. The third-order valence-electron chi connectivity index (χ3n) is 10.0. The highest BCUT2D eigenvalue weighted by molar-refractivity contribution is 6.27. The van der Waals surface area contributed by atoms with Gasteiger partial charge in [0.15, 0.2) is 0 Å².